The largest absolute Gasteiger partial charge is 0.422 e. The summed E-state index contributed by atoms with van der Waals surface area (Å²) in [5, 5.41) is 3.92. The van der Waals surface area contributed by atoms with Crippen LogP contribution in [-0.2, 0) is 0 Å². The summed E-state index contributed by atoms with van der Waals surface area (Å²) in [5.74, 6) is -0.621. The molecule has 0 unspecified atom stereocenters. The smallest absolute Gasteiger partial charge is 0.349 e. The van der Waals surface area contributed by atoms with Crippen LogP contribution < -0.4 is 10.9 Å². The van der Waals surface area contributed by atoms with Crippen LogP contribution in [-0.4, -0.2) is 5.91 Å². The summed E-state index contributed by atoms with van der Waals surface area (Å²) in [5.41, 5.74) is -0.129. The van der Waals surface area contributed by atoms with Crippen molar-refractivity contribution in [3.8, 4) is 0 Å². The number of amides is 1. The molecule has 0 atom stereocenters. The average Bonchev–Trinajstić information content (AvgIpc) is 2.50. The molecule has 0 fully saturated rings. The molecule has 3 aromatic rings. The number of carbonyl (C=O) groups excluding carboxylic acids is 1. The van der Waals surface area contributed by atoms with Gasteiger partial charge in [0.15, 0.2) is 0 Å². The summed E-state index contributed by atoms with van der Waals surface area (Å²) in [6.45, 7) is 0. The van der Waals surface area contributed by atoms with Crippen LogP contribution in [0, 0.1) is 0 Å². The van der Waals surface area contributed by atoms with Crippen molar-refractivity contribution in [1.29, 1.82) is 0 Å². The van der Waals surface area contributed by atoms with Gasteiger partial charge in [0.25, 0.3) is 5.91 Å². The number of benzene rings is 2. The van der Waals surface area contributed by atoms with E-state index in [2.05, 4.69) is 21.2 Å². The molecule has 1 aromatic heterocycles. The Bertz CT molecular complexity index is 985. The quantitative estimate of drug-likeness (QED) is 0.594. The van der Waals surface area contributed by atoms with Crippen molar-refractivity contribution >= 4 is 61.7 Å². The lowest BCUT2D eigenvalue weighted by atomic mass is 10.1. The standard InChI is InChI=1S/C16H8BrCl2NO3/c17-9-1-4-14-8(5-9)6-11(16(22)23-14)15(21)20-13-7-10(18)2-3-12(13)19/h1-7H,(H,20,21). The third-order valence-electron chi connectivity index (χ3n) is 3.12. The van der Waals surface area contributed by atoms with Crippen molar-refractivity contribution in [1.82, 2.24) is 0 Å². The summed E-state index contributed by atoms with van der Waals surface area (Å²) in [4.78, 5) is 24.3. The van der Waals surface area contributed by atoms with Crippen LogP contribution in [0.3, 0.4) is 0 Å². The molecule has 0 radical (unpaired) electrons. The average molecular weight is 413 g/mol. The lowest BCUT2D eigenvalue weighted by molar-refractivity contribution is 0.102. The van der Waals surface area contributed by atoms with Gasteiger partial charge in [-0.15, -0.1) is 0 Å². The molecule has 7 heteroatoms. The maximum Gasteiger partial charge on any atom is 0.349 e. The summed E-state index contributed by atoms with van der Waals surface area (Å²) in [6, 6.07) is 11.3. The van der Waals surface area contributed by atoms with E-state index in [1.165, 1.54) is 12.1 Å². The third kappa shape index (κ3) is 3.42. The lowest BCUT2D eigenvalue weighted by Gasteiger charge is -2.07. The van der Waals surface area contributed by atoms with Crippen molar-refractivity contribution in [3.05, 3.63) is 73.0 Å². The Hall–Kier alpha value is -1.82. The normalized spacial score (nSPS) is 10.7. The van der Waals surface area contributed by atoms with Crippen LogP contribution in [0.15, 0.2) is 56.1 Å². The number of nitrogens with one attached hydrogen (secondary N) is 1. The topological polar surface area (TPSA) is 59.3 Å². The Morgan fingerprint density at radius 3 is 2.65 bits per heavy atom. The molecule has 0 aliphatic carbocycles. The Balaban J connectivity index is 2.02. The zero-order chi connectivity index (χ0) is 16.6. The minimum atomic E-state index is -0.726. The van der Waals surface area contributed by atoms with Crippen LogP contribution in [0.2, 0.25) is 10.0 Å². The Morgan fingerprint density at radius 1 is 1.09 bits per heavy atom. The fourth-order valence-corrected chi connectivity index (χ4v) is 2.75. The number of fused-ring (bicyclic) bond motifs is 1. The molecule has 2 aromatic carbocycles. The van der Waals surface area contributed by atoms with Gasteiger partial charge in [0.2, 0.25) is 0 Å². The molecule has 1 N–H and O–H groups in total. The van der Waals surface area contributed by atoms with Gasteiger partial charge in [-0.05, 0) is 42.5 Å². The fourth-order valence-electron chi connectivity index (χ4n) is 2.04. The van der Waals surface area contributed by atoms with Gasteiger partial charge in [-0.3, -0.25) is 4.79 Å². The van der Waals surface area contributed by atoms with Gasteiger partial charge in [-0.2, -0.15) is 0 Å². The molecule has 3 rings (SSSR count). The molecular weight excluding hydrogens is 405 g/mol. The Kier molecular flexibility index (Phi) is 4.43. The maximum atomic E-state index is 12.3. The molecule has 0 aliphatic rings. The van der Waals surface area contributed by atoms with Gasteiger partial charge in [-0.1, -0.05) is 39.1 Å². The van der Waals surface area contributed by atoms with E-state index in [0.717, 1.165) is 4.47 Å². The van der Waals surface area contributed by atoms with E-state index < -0.39 is 11.5 Å². The maximum absolute atomic E-state index is 12.3. The highest BCUT2D eigenvalue weighted by molar-refractivity contribution is 9.10. The molecule has 1 amide bonds. The van der Waals surface area contributed by atoms with E-state index in [4.69, 9.17) is 27.6 Å². The first kappa shape index (κ1) is 16.1. The number of hydrogen-bond donors (Lipinski definition) is 1. The summed E-state index contributed by atoms with van der Waals surface area (Å²) in [6.07, 6.45) is 0. The van der Waals surface area contributed by atoms with Crippen molar-refractivity contribution in [3.63, 3.8) is 0 Å². The molecule has 116 valence electrons. The van der Waals surface area contributed by atoms with Gasteiger partial charge in [0.1, 0.15) is 11.1 Å². The fraction of sp³-hybridized carbons (Fsp3) is 0. The second-order valence-electron chi connectivity index (χ2n) is 4.71. The van der Waals surface area contributed by atoms with Gasteiger partial charge in [0.05, 0.1) is 10.7 Å². The molecular formula is C16H8BrCl2NO3. The highest BCUT2D eigenvalue weighted by Crippen LogP contribution is 2.26. The van der Waals surface area contributed by atoms with Crippen LogP contribution in [0.5, 0.6) is 0 Å². The number of anilines is 1. The predicted molar refractivity (Wildman–Crippen MR) is 94.6 cm³/mol. The van der Waals surface area contributed by atoms with Gasteiger partial charge >= 0.3 is 5.63 Å². The second-order valence-corrected chi connectivity index (χ2v) is 6.47. The van der Waals surface area contributed by atoms with E-state index in [1.807, 2.05) is 0 Å². The Labute approximate surface area is 149 Å². The number of carbonyl (C=O) groups is 1. The molecule has 0 aliphatic heterocycles. The van der Waals surface area contributed by atoms with Gasteiger partial charge < -0.3 is 9.73 Å². The van der Waals surface area contributed by atoms with Crippen molar-refractivity contribution in [2.75, 3.05) is 5.32 Å². The second kappa shape index (κ2) is 6.35. The molecule has 0 saturated carbocycles. The monoisotopic (exact) mass is 411 g/mol. The lowest BCUT2D eigenvalue weighted by Crippen LogP contribution is -2.20. The molecule has 1 heterocycles. The first-order valence-corrected chi connectivity index (χ1v) is 7.99. The summed E-state index contributed by atoms with van der Waals surface area (Å²) in [7, 11) is 0. The minimum absolute atomic E-state index is 0.119. The molecule has 0 saturated heterocycles. The van der Waals surface area contributed by atoms with E-state index in [9.17, 15) is 9.59 Å². The predicted octanol–water partition coefficient (Wildman–Crippen LogP) is 5.11. The summed E-state index contributed by atoms with van der Waals surface area (Å²) < 4.78 is 5.97. The zero-order valence-electron chi connectivity index (χ0n) is 11.4. The van der Waals surface area contributed by atoms with Crippen molar-refractivity contribution in [2.24, 2.45) is 0 Å². The van der Waals surface area contributed by atoms with Crippen molar-refractivity contribution in [2.45, 2.75) is 0 Å². The van der Waals surface area contributed by atoms with Gasteiger partial charge in [-0.25, -0.2) is 4.79 Å². The molecule has 4 nitrogen and oxygen atoms in total. The van der Waals surface area contributed by atoms with Gasteiger partial charge in [0, 0.05) is 14.9 Å². The van der Waals surface area contributed by atoms with Crippen LogP contribution in [0.25, 0.3) is 11.0 Å². The highest BCUT2D eigenvalue weighted by atomic mass is 79.9. The SMILES string of the molecule is O=C(Nc1cc(Cl)ccc1Cl)c1cc2cc(Br)ccc2oc1=O. The number of halogens is 3. The van der Waals surface area contributed by atoms with E-state index in [1.54, 1.807) is 30.3 Å². The van der Waals surface area contributed by atoms with Crippen molar-refractivity contribution < 1.29 is 9.21 Å². The minimum Gasteiger partial charge on any atom is -0.422 e. The zero-order valence-corrected chi connectivity index (χ0v) is 14.5. The third-order valence-corrected chi connectivity index (χ3v) is 4.17. The van der Waals surface area contributed by atoms with Crippen LogP contribution in [0.1, 0.15) is 10.4 Å². The Morgan fingerprint density at radius 2 is 1.87 bits per heavy atom. The van der Waals surface area contributed by atoms with E-state index in [0.29, 0.717) is 26.7 Å². The number of rotatable bonds is 2. The van der Waals surface area contributed by atoms with E-state index >= 15 is 0 Å². The van der Waals surface area contributed by atoms with Crippen LogP contribution in [0.4, 0.5) is 5.69 Å². The number of hydrogen-bond acceptors (Lipinski definition) is 3. The molecule has 0 spiro atoms. The van der Waals surface area contributed by atoms with Crippen LogP contribution >= 0.6 is 39.1 Å². The molecule has 0 bridgehead atoms. The van der Waals surface area contributed by atoms with E-state index in [-0.39, 0.29) is 5.56 Å². The first-order valence-electron chi connectivity index (χ1n) is 6.44. The summed E-state index contributed by atoms with van der Waals surface area (Å²) >= 11 is 15.2. The first-order chi connectivity index (χ1) is 10.9. The molecule has 23 heavy (non-hydrogen) atoms. The highest BCUT2D eigenvalue weighted by Gasteiger charge is 2.15.